The molecule has 0 unspecified atom stereocenters. The number of nitrogens with one attached hydrogen (secondary N) is 1. The zero-order valence-corrected chi connectivity index (χ0v) is 13.7. The molecule has 2 atom stereocenters. The minimum Gasteiger partial charge on any atom is -0.354 e. The van der Waals surface area contributed by atoms with Gasteiger partial charge >= 0.3 is 0 Å². The van der Waals surface area contributed by atoms with Crippen LogP contribution in [0.1, 0.15) is 45.4 Å². The predicted octanol–water partition coefficient (Wildman–Crippen LogP) is 3.83. The summed E-state index contributed by atoms with van der Waals surface area (Å²) in [4.78, 5) is 11.6. The third kappa shape index (κ3) is 2.78. The monoisotopic (exact) mass is 338 g/mol. The molecular weight excluding hydrogens is 316 g/mol. The number of anilines is 2. The molecule has 0 amide bonds. The van der Waals surface area contributed by atoms with Crippen LogP contribution in [-0.2, 0) is 0 Å². The summed E-state index contributed by atoms with van der Waals surface area (Å²) < 4.78 is 1.02. The Bertz CT molecular complexity index is 463. The van der Waals surface area contributed by atoms with Gasteiger partial charge in [-0.3, -0.25) is 0 Å². The van der Waals surface area contributed by atoms with Crippen LogP contribution in [0.5, 0.6) is 0 Å². The molecule has 0 radical (unpaired) electrons. The Morgan fingerprint density at radius 3 is 2.95 bits per heavy atom. The smallest absolute Gasteiger partial charge is 0.224 e. The van der Waals surface area contributed by atoms with Crippen LogP contribution in [0.4, 0.5) is 11.8 Å². The van der Waals surface area contributed by atoms with E-state index in [0.717, 1.165) is 35.2 Å². The second-order valence-corrected chi connectivity index (χ2v) is 6.70. The lowest BCUT2D eigenvalue weighted by Gasteiger charge is -2.45. The maximum atomic E-state index is 4.73. The fourth-order valence-electron chi connectivity index (χ4n) is 3.69. The maximum absolute atomic E-state index is 4.73. The van der Waals surface area contributed by atoms with E-state index in [1.807, 2.05) is 6.20 Å². The van der Waals surface area contributed by atoms with Crippen LogP contribution < -0.4 is 10.2 Å². The van der Waals surface area contributed by atoms with E-state index < -0.39 is 0 Å². The van der Waals surface area contributed by atoms with E-state index in [9.17, 15) is 0 Å². The summed E-state index contributed by atoms with van der Waals surface area (Å²) in [7, 11) is 0. The van der Waals surface area contributed by atoms with E-state index in [2.05, 4.69) is 38.1 Å². The highest BCUT2D eigenvalue weighted by atomic mass is 79.9. The van der Waals surface area contributed by atoms with Crippen molar-refractivity contribution in [3.63, 3.8) is 0 Å². The molecule has 1 saturated heterocycles. The van der Waals surface area contributed by atoms with E-state index in [1.165, 1.54) is 38.5 Å². The fourth-order valence-corrected chi connectivity index (χ4v) is 4.11. The van der Waals surface area contributed by atoms with Gasteiger partial charge in [0, 0.05) is 25.3 Å². The van der Waals surface area contributed by atoms with Gasteiger partial charge in [0.1, 0.15) is 5.82 Å². The number of hydrogen-bond acceptors (Lipinski definition) is 4. The van der Waals surface area contributed by atoms with Gasteiger partial charge in [0.25, 0.3) is 0 Å². The lowest BCUT2D eigenvalue weighted by molar-refractivity contribution is 0.242. The Labute approximate surface area is 129 Å². The summed E-state index contributed by atoms with van der Waals surface area (Å²) in [5, 5.41) is 3.22. The molecule has 2 heterocycles. The van der Waals surface area contributed by atoms with Gasteiger partial charge in [-0.2, -0.15) is 4.98 Å². The first-order chi connectivity index (χ1) is 9.79. The van der Waals surface area contributed by atoms with Crippen LogP contribution in [0, 0.1) is 5.92 Å². The van der Waals surface area contributed by atoms with Crippen molar-refractivity contribution in [2.45, 2.75) is 51.5 Å². The molecule has 0 bridgehead atoms. The van der Waals surface area contributed by atoms with E-state index in [4.69, 9.17) is 4.98 Å². The SMILES string of the molecule is CCNc1ncc(Br)c(N2CCC[C@H]3CCCC[C@H]32)n1. The van der Waals surface area contributed by atoms with Crippen LogP contribution >= 0.6 is 15.9 Å². The van der Waals surface area contributed by atoms with Crippen LogP contribution in [0.2, 0.25) is 0 Å². The van der Waals surface area contributed by atoms with E-state index in [0.29, 0.717) is 6.04 Å². The zero-order chi connectivity index (χ0) is 13.9. The molecule has 1 N–H and O–H groups in total. The van der Waals surface area contributed by atoms with Crippen molar-refractivity contribution in [2.24, 2.45) is 5.92 Å². The minimum atomic E-state index is 0.679. The summed E-state index contributed by atoms with van der Waals surface area (Å²) in [6, 6.07) is 0.679. The molecule has 0 aromatic carbocycles. The van der Waals surface area contributed by atoms with E-state index in [1.54, 1.807) is 0 Å². The third-order valence-electron chi connectivity index (χ3n) is 4.58. The van der Waals surface area contributed by atoms with Crippen molar-refractivity contribution in [1.29, 1.82) is 0 Å². The van der Waals surface area contributed by atoms with Crippen LogP contribution in [0.15, 0.2) is 10.7 Å². The topological polar surface area (TPSA) is 41.1 Å². The van der Waals surface area contributed by atoms with Crippen LogP contribution in [0.3, 0.4) is 0 Å². The molecule has 5 heteroatoms. The molecule has 1 saturated carbocycles. The average Bonchev–Trinajstić information content (AvgIpc) is 2.49. The first-order valence-corrected chi connectivity index (χ1v) is 8.62. The molecule has 1 aromatic heterocycles. The second kappa shape index (κ2) is 6.29. The van der Waals surface area contributed by atoms with Gasteiger partial charge in [-0.1, -0.05) is 12.8 Å². The summed E-state index contributed by atoms with van der Waals surface area (Å²) in [5.74, 6) is 2.68. The largest absolute Gasteiger partial charge is 0.354 e. The first-order valence-electron chi connectivity index (χ1n) is 7.82. The number of fused-ring (bicyclic) bond motifs is 1. The Kier molecular flexibility index (Phi) is 4.44. The molecule has 2 aliphatic rings. The van der Waals surface area contributed by atoms with Gasteiger partial charge in [0.05, 0.1) is 4.47 Å². The molecule has 1 aromatic rings. The number of aromatic nitrogens is 2. The van der Waals surface area contributed by atoms with Gasteiger partial charge in [-0.15, -0.1) is 0 Å². The summed E-state index contributed by atoms with van der Waals surface area (Å²) in [6.45, 7) is 4.05. The summed E-state index contributed by atoms with van der Waals surface area (Å²) in [6.07, 6.45) is 10.0. The Hall–Kier alpha value is -0.840. The molecule has 20 heavy (non-hydrogen) atoms. The standard InChI is InChI=1S/C15H23BrN4/c1-2-17-15-18-10-12(16)14(19-15)20-9-5-7-11-6-3-4-8-13(11)20/h10-11,13H,2-9H2,1H3,(H,17,18,19)/t11-,13-/m1/s1. The van der Waals surface area contributed by atoms with Crippen molar-refractivity contribution in [2.75, 3.05) is 23.3 Å². The molecular formula is C15H23BrN4. The van der Waals surface area contributed by atoms with Crippen molar-refractivity contribution in [3.8, 4) is 0 Å². The van der Waals surface area contributed by atoms with Gasteiger partial charge < -0.3 is 10.2 Å². The quantitative estimate of drug-likeness (QED) is 0.909. The lowest BCUT2D eigenvalue weighted by Crippen LogP contribution is -2.47. The average molecular weight is 339 g/mol. The highest BCUT2D eigenvalue weighted by molar-refractivity contribution is 9.10. The maximum Gasteiger partial charge on any atom is 0.224 e. The Morgan fingerprint density at radius 2 is 2.10 bits per heavy atom. The van der Waals surface area contributed by atoms with Crippen molar-refractivity contribution >= 4 is 27.7 Å². The predicted molar refractivity (Wildman–Crippen MR) is 86.2 cm³/mol. The molecule has 1 aliphatic carbocycles. The van der Waals surface area contributed by atoms with Crippen LogP contribution in [0.25, 0.3) is 0 Å². The number of nitrogens with zero attached hydrogens (tertiary/aromatic N) is 3. The molecule has 1 aliphatic heterocycles. The van der Waals surface area contributed by atoms with Gasteiger partial charge in [0.2, 0.25) is 5.95 Å². The van der Waals surface area contributed by atoms with Crippen molar-refractivity contribution < 1.29 is 0 Å². The second-order valence-electron chi connectivity index (χ2n) is 5.84. The van der Waals surface area contributed by atoms with Crippen molar-refractivity contribution in [1.82, 2.24) is 9.97 Å². The Morgan fingerprint density at radius 1 is 1.30 bits per heavy atom. The minimum absolute atomic E-state index is 0.679. The van der Waals surface area contributed by atoms with Gasteiger partial charge in [-0.05, 0) is 54.5 Å². The summed E-state index contributed by atoms with van der Waals surface area (Å²) >= 11 is 3.64. The highest BCUT2D eigenvalue weighted by Crippen LogP contribution is 2.39. The van der Waals surface area contributed by atoms with Crippen LogP contribution in [-0.4, -0.2) is 29.1 Å². The lowest BCUT2D eigenvalue weighted by atomic mass is 9.78. The highest BCUT2D eigenvalue weighted by Gasteiger charge is 2.34. The number of hydrogen-bond donors (Lipinski definition) is 1. The fraction of sp³-hybridized carbons (Fsp3) is 0.733. The van der Waals surface area contributed by atoms with Gasteiger partial charge in [-0.25, -0.2) is 4.98 Å². The molecule has 4 nitrogen and oxygen atoms in total. The van der Waals surface area contributed by atoms with Gasteiger partial charge in [0.15, 0.2) is 0 Å². The van der Waals surface area contributed by atoms with Crippen molar-refractivity contribution in [3.05, 3.63) is 10.7 Å². The zero-order valence-electron chi connectivity index (χ0n) is 12.1. The summed E-state index contributed by atoms with van der Waals surface area (Å²) in [5.41, 5.74) is 0. The molecule has 3 rings (SSSR count). The third-order valence-corrected chi connectivity index (χ3v) is 5.14. The molecule has 110 valence electrons. The van der Waals surface area contributed by atoms with E-state index >= 15 is 0 Å². The first kappa shape index (κ1) is 14.1. The molecule has 2 fully saturated rings. The number of halogens is 1. The Balaban J connectivity index is 1.88. The molecule has 0 spiro atoms. The normalized spacial score (nSPS) is 26.2. The number of piperidine rings is 1. The van der Waals surface area contributed by atoms with E-state index in [-0.39, 0.29) is 0 Å². The number of rotatable bonds is 3.